The second kappa shape index (κ2) is 7.94. The number of nitrogens with one attached hydrogen (secondary N) is 1. The molecule has 1 N–H and O–H groups in total. The Morgan fingerprint density at radius 3 is 2.84 bits per heavy atom. The third-order valence-electron chi connectivity index (χ3n) is 5.56. The van der Waals surface area contributed by atoms with Gasteiger partial charge in [0.25, 0.3) is 11.5 Å². The first-order valence-corrected chi connectivity index (χ1v) is 11.2. The number of esters is 1. The van der Waals surface area contributed by atoms with Gasteiger partial charge in [-0.15, -0.1) is 11.3 Å². The molecule has 166 valence electrons. The average Bonchev–Trinajstić information content (AvgIpc) is 3.38. The zero-order chi connectivity index (χ0) is 22.4. The summed E-state index contributed by atoms with van der Waals surface area (Å²) in [6.45, 7) is 4.76. The molecule has 0 aliphatic carbocycles. The van der Waals surface area contributed by atoms with Gasteiger partial charge in [0.15, 0.2) is 17.6 Å². The quantitative estimate of drug-likeness (QED) is 0.603. The molecule has 3 aromatic rings. The lowest BCUT2D eigenvalue weighted by Crippen LogP contribution is -2.30. The largest absolute Gasteiger partial charge is 0.486 e. The molecule has 1 unspecified atom stereocenters. The Labute approximate surface area is 186 Å². The summed E-state index contributed by atoms with van der Waals surface area (Å²) < 4.78 is 18.1. The number of nitrogens with zero attached hydrogens (tertiary/aromatic N) is 2. The van der Waals surface area contributed by atoms with Crippen molar-refractivity contribution in [2.45, 2.75) is 39.3 Å². The van der Waals surface area contributed by atoms with Crippen molar-refractivity contribution in [2.75, 3.05) is 18.5 Å². The number of hydrogen-bond donors (Lipinski definition) is 1. The fourth-order valence-corrected chi connectivity index (χ4v) is 4.98. The molecule has 1 amide bonds. The molecule has 9 nitrogen and oxygen atoms in total. The molecule has 2 aromatic heterocycles. The Morgan fingerprint density at radius 2 is 2.03 bits per heavy atom. The molecule has 0 spiro atoms. The van der Waals surface area contributed by atoms with Crippen molar-refractivity contribution in [1.29, 1.82) is 0 Å². The Kier molecular flexibility index (Phi) is 5.09. The first-order chi connectivity index (χ1) is 15.4. The van der Waals surface area contributed by atoms with Crippen LogP contribution in [0.4, 0.5) is 5.69 Å². The highest BCUT2D eigenvalue weighted by Crippen LogP contribution is 2.33. The van der Waals surface area contributed by atoms with Gasteiger partial charge in [0.1, 0.15) is 28.7 Å². The lowest BCUT2D eigenvalue weighted by Gasteiger charge is -2.19. The van der Waals surface area contributed by atoms with E-state index in [4.69, 9.17) is 14.2 Å². The number of carbonyl (C=O) groups excluding carboxylic acids is 2. The van der Waals surface area contributed by atoms with E-state index in [9.17, 15) is 14.4 Å². The molecule has 32 heavy (non-hydrogen) atoms. The van der Waals surface area contributed by atoms with Gasteiger partial charge in [0, 0.05) is 24.7 Å². The van der Waals surface area contributed by atoms with Gasteiger partial charge in [0.2, 0.25) is 0 Å². The van der Waals surface area contributed by atoms with Gasteiger partial charge in [-0.3, -0.25) is 14.2 Å². The highest BCUT2D eigenvalue weighted by atomic mass is 32.1. The van der Waals surface area contributed by atoms with Gasteiger partial charge in [-0.05, 0) is 38.0 Å². The van der Waals surface area contributed by atoms with Crippen LogP contribution in [0.5, 0.6) is 11.5 Å². The Hall–Kier alpha value is -3.40. The van der Waals surface area contributed by atoms with Crippen LogP contribution in [0.3, 0.4) is 0 Å². The van der Waals surface area contributed by atoms with Gasteiger partial charge >= 0.3 is 5.97 Å². The van der Waals surface area contributed by atoms with Crippen LogP contribution in [0.1, 0.15) is 34.4 Å². The van der Waals surface area contributed by atoms with E-state index in [1.807, 2.05) is 0 Å². The molecule has 1 aromatic carbocycles. The van der Waals surface area contributed by atoms with E-state index in [0.29, 0.717) is 52.7 Å². The number of hydrogen-bond acceptors (Lipinski definition) is 8. The van der Waals surface area contributed by atoms with E-state index in [2.05, 4.69) is 10.3 Å². The van der Waals surface area contributed by atoms with E-state index >= 15 is 0 Å². The summed E-state index contributed by atoms with van der Waals surface area (Å²) in [5.74, 6) is 0.774. The number of aromatic nitrogens is 2. The second-order valence-electron chi connectivity index (χ2n) is 7.72. The summed E-state index contributed by atoms with van der Waals surface area (Å²) in [7, 11) is 0. The number of fused-ring (bicyclic) bond motifs is 3. The molecule has 4 heterocycles. The predicted octanol–water partition coefficient (Wildman–Crippen LogP) is 2.67. The minimum atomic E-state index is -1.04. The van der Waals surface area contributed by atoms with Crippen LogP contribution in [0.25, 0.3) is 10.2 Å². The predicted molar refractivity (Wildman–Crippen MR) is 118 cm³/mol. The molecular weight excluding hydrogens is 434 g/mol. The third-order valence-corrected chi connectivity index (χ3v) is 6.73. The zero-order valence-electron chi connectivity index (χ0n) is 17.6. The highest BCUT2D eigenvalue weighted by Gasteiger charge is 2.26. The van der Waals surface area contributed by atoms with E-state index in [0.717, 1.165) is 30.0 Å². The summed E-state index contributed by atoms with van der Waals surface area (Å²) in [6, 6.07) is 5.06. The van der Waals surface area contributed by atoms with Crippen molar-refractivity contribution >= 4 is 39.1 Å². The molecule has 2 aliphatic rings. The first-order valence-electron chi connectivity index (χ1n) is 10.4. The number of carbonyl (C=O) groups is 2. The minimum Gasteiger partial charge on any atom is -0.486 e. The molecule has 0 bridgehead atoms. The van der Waals surface area contributed by atoms with Crippen molar-refractivity contribution in [3.63, 3.8) is 0 Å². The van der Waals surface area contributed by atoms with Crippen molar-refractivity contribution in [1.82, 2.24) is 9.55 Å². The van der Waals surface area contributed by atoms with Crippen molar-refractivity contribution < 1.29 is 23.8 Å². The van der Waals surface area contributed by atoms with Gasteiger partial charge in [-0.25, -0.2) is 9.78 Å². The number of benzene rings is 1. The maximum atomic E-state index is 12.8. The summed E-state index contributed by atoms with van der Waals surface area (Å²) in [5.41, 5.74) is 0.917. The van der Waals surface area contributed by atoms with Crippen LogP contribution >= 0.6 is 11.3 Å². The van der Waals surface area contributed by atoms with Crippen molar-refractivity contribution in [2.24, 2.45) is 0 Å². The topological polar surface area (TPSA) is 109 Å². The molecular formula is C22H21N3O6S. The monoisotopic (exact) mass is 455 g/mol. The van der Waals surface area contributed by atoms with Crippen molar-refractivity contribution in [3.05, 3.63) is 44.8 Å². The second-order valence-corrected chi connectivity index (χ2v) is 8.72. The van der Waals surface area contributed by atoms with E-state index < -0.39 is 18.0 Å². The number of amides is 1. The Morgan fingerprint density at radius 1 is 1.25 bits per heavy atom. The molecule has 10 heteroatoms. The van der Waals surface area contributed by atoms with Crippen LogP contribution in [0.2, 0.25) is 0 Å². The number of aryl methyl sites for hydroxylation is 2. The summed E-state index contributed by atoms with van der Waals surface area (Å²) in [6.07, 6.45) is 0.599. The molecule has 5 rings (SSSR count). The average molecular weight is 455 g/mol. The molecule has 0 saturated heterocycles. The lowest BCUT2D eigenvalue weighted by molar-refractivity contribution is -0.123. The van der Waals surface area contributed by atoms with Crippen LogP contribution < -0.4 is 20.3 Å². The smallest absolute Gasteiger partial charge is 0.349 e. The molecule has 0 saturated carbocycles. The fourth-order valence-electron chi connectivity index (χ4n) is 3.90. The zero-order valence-corrected chi connectivity index (χ0v) is 18.4. The molecule has 0 fully saturated rings. The van der Waals surface area contributed by atoms with Gasteiger partial charge in [-0.1, -0.05) is 0 Å². The third kappa shape index (κ3) is 3.50. The standard InChI is InChI=1S/C22H21N3O6S/c1-11-17-20(24-16-4-3-7-25(16)21(17)27)32-18(11)22(28)31-12(2)19(26)23-13-5-6-14-15(10-13)30-9-8-29-14/h5-6,10,12H,3-4,7-9H2,1-2H3,(H,23,26). The number of rotatable bonds is 4. The maximum Gasteiger partial charge on any atom is 0.349 e. The maximum absolute atomic E-state index is 12.8. The lowest BCUT2D eigenvalue weighted by atomic mass is 10.2. The SMILES string of the molecule is Cc1c(C(=O)OC(C)C(=O)Nc2ccc3c(c2)OCCO3)sc2nc3n(c(=O)c12)CCC3. The summed E-state index contributed by atoms with van der Waals surface area (Å²) >= 11 is 1.12. The highest BCUT2D eigenvalue weighted by molar-refractivity contribution is 7.20. The van der Waals surface area contributed by atoms with Crippen LogP contribution in [0.15, 0.2) is 23.0 Å². The van der Waals surface area contributed by atoms with E-state index in [1.54, 1.807) is 29.7 Å². The van der Waals surface area contributed by atoms with Crippen LogP contribution in [-0.4, -0.2) is 40.7 Å². The van der Waals surface area contributed by atoms with Gasteiger partial charge < -0.3 is 19.5 Å². The first kappa shape index (κ1) is 20.5. The molecule has 0 radical (unpaired) electrons. The fraction of sp³-hybridized carbons (Fsp3) is 0.364. The number of anilines is 1. The number of thiophene rings is 1. The van der Waals surface area contributed by atoms with E-state index in [1.165, 1.54) is 6.92 Å². The molecule has 1 atom stereocenters. The van der Waals surface area contributed by atoms with E-state index in [-0.39, 0.29) is 10.4 Å². The Balaban J connectivity index is 1.32. The van der Waals surface area contributed by atoms with Gasteiger partial charge in [0.05, 0.1) is 5.39 Å². The Bertz CT molecular complexity index is 1310. The number of ether oxygens (including phenoxy) is 3. The van der Waals surface area contributed by atoms with Crippen LogP contribution in [-0.2, 0) is 22.5 Å². The minimum absolute atomic E-state index is 0.125. The van der Waals surface area contributed by atoms with Crippen molar-refractivity contribution in [3.8, 4) is 11.5 Å². The van der Waals surface area contributed by atoms with Gasteiger partial charge in [-0.2, -0.15) is 0 Å². The van der Waals surface area contributed by atoms with Crippen LogP contribution in [0, 0.1) is 6.92 Å². The summed E-state index contributed by atoms with van der Waals surface area (Å²) in [5, 5.41) is 3.16. The summed E-state index contributed by atoms with van der Waals surface area (Å²) in [4.78, 5) is 43.5. The molecule has 2 aliphatic heterocycles. The normalized spacial score (nSPS) is 15.3.